The normalized spacial score (nSPS) is 11.0. The van der Waals surface area contributed by atoms with Gasteiger partial charge in [0, 0.05) is 12.0 Å². The van der Waals surface area contributed by atoms with Gasteiger partial charge in [0.25, 0.3) is 0 Å². The van der Waals surface area contributed by atoms with E-state index in [1.807, 2.05) is 19.1 Å². The Morgan fingerprint density at radius 2 is 2.19 bits per heavy atom. The predicted octanol–water partition coefficient (Wildman–Crippen LogP) is 3.16. The molecule has 0 aliphatic heterocycles. The summed E-state index contributed by atoms with van der Waals surface area (Å²) in [6.07, 6.45) is 2.42. The molecule has 112 valence electrons. The fraction of sp³-hybridized carbons (Fsp3) is 0.308. The molecule has 0 aliphatic rings. The van der Waals surface area contributed by atoms with Crippen LogP contribution in [-0.2, 0) is 6.42 Å². The Hall–Kier alpha value is -1.67. The molecule has 8 heteroatoms. The molecule has 0 fully saturated rings. The number of nitrogens with one attached hydrogen (secondary N) is 1. The third-order valence-corrected chi connectivity index (χ3v) is 3.94. The number of methoxy groups -OCH3 is 2. The van der Waals surface area contributed by atoms with Gasteiger partial charge in [0.15, 0.2) is 17.3 Å². The average Bonchev–Trinajstić information content (AvgIpc) is 2.86. The number of halogens is 1. The predicted molar refractivity (Wildman–Crippen MR) is 87.0 cm³/mol. The summed E-state index contributed by atoms with van der Waals surface area (Å²) in [4.78, 5) is 0. The topological polar surface area (TPSA) is 64.4 Å². The third kappa shape index (κ3) is 3.16. The fourth-order valence-electron chi connectivity index (χ4n) is 1.80. The zero-order valence-corrected chi connectivity index (χ0v) is 14.3. The van der Waals surface area contributed by atoms with Gasteiger partial charge in [-0.1, -0.05) is 6.92 Å². The van der Waals surface area contributed by atoms with Gasteiger partial charge in [-0.25, -0.2) is 0 Å². The van der Waals surface area contributed by atoms with E-state index in [1.54, 1.807) is 25.1 Å². The van der Waals surface area contributed by atoms with Crippen molar-refractivity contribution in [2.24, 2.45) is 5.10 Å². The highest BCUT2D eigenvalue weighted by molar-refractivity contribution is 9.10. The van der Waals surface area contributed by atoms with Crippen LogP contribution in [0, 0.1) is 4.77 Å². The van der Waals surface area contributed by atoms with E-state index in [0.717, 1.165) is 22.3 Å². The van der Waals surface area contributed by atoms with E-state index in [2.05, 4.69) is 31.2 Å². The molecular formula is C13H15BrN4O2S. The van der Waals surface area contributed by atoms with Gasteiger partial charge in [-0.05, 0) is 40.3 Å². The number of ether oxygens (including phenoxy) is 2. The first kappa shape index (κ1) is 15.7. The van der Waals surface area contributed by atoms with Gasteiger partial charge in [-0.3, -0.25) is 5.10 Å². The lowest BCUT2D eigenvalue weighted by atomic mass is 10.2. The highest BCUT2D eigenvalue weighted by Gasteiger charge is 2.11. The van der Waals surface area contributed by atoms with Crippen molar-refractivity contribution >= 4 is 34.4 Å². The molecule has 21 heavy (non-hydrogen) atoms. The first-order valence-electron chi connectivity index (χ1n) is 6.23. The first-order chi connectivity index (χ1) is 10.1. The van der Waals surface area contributed by atoms with E-state index in [4.69, 9.17) is 21.7 Å². The first-order valence-corrected chi connectivity index (χ1v) is 7.43. The molecule has 0 amide bonds. The third-order valence-electron chi connectivity index (χ3n) is 2.86. The van der Waals surface area contributed by atoms with Gasteiger partial charge in [0.1, 0.15) is 0 Å². The maximum atomic E-state index is 5.33. The van der Waals surface area contributed by atoms with Crippen LogP contribution in [0.1, 0.15) is 18.3 Å². The standard InChI is InChI=1S/C13H15BrN4O2S/c1-4-10-16-17-13(21)18(10)15-7-8-5-6-9(19-2)12(20-3)11(8)14/h5-7H,4H2,1-3H3,(H,17,21)/b15-7-. The lowest BCUT2D eigenvalue weighted by Crippen LogP contribution is -1.99. The minimum Gasteiger partial charge on any atom is -0.493 e. The van der Waals surface area contributed by atoms with Gasteiger partial charge in [0.05, 0.1) is 24.9 Å². The number of aryl methyl sites for hydroxylation is 1. The monoisotopic (exact) mass is 370 g/mol. The SMILES string of the molecule is CCc1n[nH]c(=S)n1/N=C\c1ccc(OC)c(OC)c1Br. The molecule has 2 rings (SSSR count). The Labute approximate surface area is 135 Å². The van der Waals surface area contributed by atoms with Crippen molar-refractivity contribution in [3.8, 4) is 11.5 Å². The number of aromatic amines is 1. The molecule has 0 bridgehead atoms. The summed E-state index contributed by atoms with van der Waals surface area (Å²) in [6.45, 7) is 1.99. The van der Waals surface area contributed by atoms with Crippen molar-refractivity contribution in [3.63, 3.8) is 0 Å². The van der Waals surface area contributed by atoms with Gasteiger partial charge < -0.3 is 9.47 Å². The van der Waals surface area contributed by atoms with Crippen LogP contribution in [0.2, 0.25) is 0 Å². The number of H-pyrrole nitrogens is 1. The van der Waals surface area contributed by atoms with Crippen LogP contribution in [0.4, 0.5) is 0 Å². The van der Waals surface area contributed by atoms with Gasteiger partial charge >= 0.3 is 0 Å². The summed E-state index contributed by atoms with van der Waals surface area (Å²) in [5.74, 6) is 2.04. The second-order valence-electron chi connectivity index (χ2n) is 4.06. The summed E-state index contributed by atoms with van der Waals surface area (Å²) >= 11 is 8.65. The lowest BCUT2D eigenvalue weighted by molar-refractivity contribution is 0.353. The van der Waals surface area contributed by atoms with Gasteiger partial charge in [-0.2, -0.15) is 14.9 Å². The molecule has 0 spiro atoms. The summed E-state index contributed by atoms with van der Waals surface area (Å²) in [5, 5.41) is 11.2. The maximum absolute atomic E-state index is 5.33. The van der Waals surface area contributed by atoms with E-state index in [-0.39, 0.29) is 0 Å². The second kappa shape index (κ2) is 6.86. The Morgan fingerprint density at radius 3 is 2.81 bits per heavy atom. The number of nitrogens with zero attached hydrogens (tertiary/aromatic N) is 3. The van der Waals surface area contributed by atoms with Crippen LogP contribution in [0.3, 0.4) is 0 Å². The van der Waals surface area contributed by atoms with Crippen LogP contribution in [0.25, 0.3) is 0 Å². The molecule has 0 aliphatic carbocycles. The van der Waals surface area contributed by atoms with E-state index < -0.39 is 0 Å². The zero-order valence-electron chi connectivity index (χ0n) is 11.9. The molecular weight excluding hydrogens is 356 g/mol. The number of hydrogen-bond acceptors (Lipinski definition) is 5. The molecule has 0 atom stereocenters. The van der Waals surface area contributed by atoms with Gasteiger partial charge in [0.2, 0.25) is 4.77 Å². The second-order valence-corrected chi connectivity index (χ2v) is 5.24. The largest absolute Gasteiger partial charge is 0.493 e. The van der Waals surface area contributed by atoms with Crippen molar-refractivity contribution in [1.29, 1.82) is 0 Å². The Bertz CT molecular complexity index is 723. The summed E-state index contributed by atoms with van der Waals surface area (Å²) in [5.41, 5.74) is 0.845. The number of hydrogen-bond donors (Lipinski definition) is 1. The molecule has 0 radical (unpaired) electrons. The van der Waals surface area contributed by atoms with Crippen LogP contribution >= 0.6 is 28.1 Å². The van der Waals surface area contributed by atoms with Gasteiger partial charge in [-0.15, -0.1) is 0 Å². The quantitative estimate of drug-likeness (QED) is 0.648. The Balaban J connectivity index is 2.42. The van der Waals surface area contributed by atoms with Crippen LogP contribution in [0.5, 0.6) is 11.5 Å². The molecule has 1 aromatic heterocycles. The molecule has 2 aromatic rings. The zero-order chi connectivity index (χ0) is 15.4. The average molecular weight is 371 g/mol. The molecule has 0 saturated heterocycles. The van der Waals surface area contributed by atoms with Crippen molar-refractivity contribution in [2.45, 2.75) is 13.3 Å². The van der Waals surface area contributed by atoms with Crippen molar-refractivity contribution in [1.82, 2.24) is 14.9 Å². The smallest absolute Gasteiger partial charge is 0.216 e. The van der Waals surface area contributed by atoms with Crippen LogP contribution in [0.15, 0.2) is 21.7 Å². The molecule has 0 saturated carbocycles. The Kier molecular flexibility index (Phi) is 5.13. The van der Waals surface area contributed by atoms with Crippen molar-refractivity contribution in [3.05, 3.63) is 32.8 Å². The lowest BCUT2D eigenvalue weighted by Gasteiger charge is -2.10. The summed E-state index contributed by atoms with van der Waals surface area (Å²) in [7, 11) is 3.18. The van der Waals surface area contributed by atoms with Crippen LogP contribution < -0.4 is 9.47 Å². The number of aromatic nitrogens is 3. The fourth-order valence-corrected chi connectivity index (χ4v) is 2.59. The van der Waals surface area contributed by atoms with Crippen molar-refractivity contribution < 1.29 is 9.47 Å². The van der Waals surface area contributed by atoms with E-state index in [9.17, 15) is 0 Å². The molecule has 0 unspecified atom stereocenters. The number of benzene rings is 1. The molecule has 1 heterocycles. The van der Waals surface area contributed by atoms with E-state index >= 15 is 0 Å². The highest BCUT2D eigenvalue weighted by Crippen LogP contribution is 2.36. The minimum absolute atomic E-state index is 0.458. The maximum Gasteiger partial charge on any atom is 0.216 e. The van der Waals surface area contributed by atoms with E-state index in [0.29, 0.717) is 16.3 Å². The van der Waals surface area contributed by atoms with E-state index in [1.165, 1.54) is 0 Å². The number of rotatable bonds is 5. The Morgan fingerprint density at radius 1 is 1.43 bits per heavy atom. The minimum atomic E-state index is 0.458. The molecule has 1 aromatic carbocycles. The van der Waals surface area contributed by atoms with Crippen molar-refractivity contribution in [2.75, 3.05) is 14.2 Å². The highest BCUT2D eigenvalue weighted by atomic mass is 79.9. The molecule has 6 nitrogen and oxygen atoms in total. The summed E-state index contributed by atoms with van der Waals surface area (Å²) < 4.78 is 13.4. The summed E-state index contributed by atoms with van der Waals surface area (Å²) in [6, 6.07) is 3.70. The molecule has 1 N–H and O–H groups in total. The van der Waals surface area contributed by atoms with Crippen LogP contribution in [-0.4, -0.2) is 35.3 Å².